The summed E-state index contributed by atoms with van der Waals surface area (Å²) in [5, 5.41) is 0. The average Bonchev–Trinajstić information content (AvgIpc) is 1.69. The molecule has 0 aromatic rings. The van der Waals surface area contributed by atoms with Gasteiger partial charge in [0, 0.05) is 16.8 Å². The molecular formula is C9H23B3. The molecule has 1 unspecified atom stereocenters. The molecule has 0 amide bonds. The molecule has 0 nitrogen and oxygen atoms in total. The first-order valence-electron chi connectivity index (χ1n) is 3.42. The molecule has 3 heteroatoms. The fourth-order valence-corrected chi connectivity index (χ4v) is 0.910. The van der Waals surface area contributed by atoms with Crippen LogP contribution in [-0.2, 0) is 0 Å². The standard InChI is InChI=1S/C7H15B.2CH4.2B/c1-4-7(5-8)6(2)3;;;;/h6-7H,4-5H2,1-3H3;2*1H4;;. The lowest BCUT2D eigenvalue weighted by Gasteiger charge is -2.15. The zero-order valence-electron chi connectivity index (χ0n) is 7.30. The Kier molecular flexibility index (Phi) is 42.6. The maximum Gasteiger partial charge on any atom is 0.0656 e. The summed E-state index contributed by atoms with van der Waals surface area (Å²) in [6, 6.07) is 0. The van der Waals surface area contributed by atoms with Crippen molar-refractivity contribution in [3.63, 3.8) is 0 Å². The van der Waals surface area contributed by atoms with Crippen molar-refractivity contribution in [3.8, 4) is 0 Å². The fourth-order valence-electron chi connectivity index (χ4n) is 0.910. The van der Waals surface area contributed by atoms with E-state index in [4.69, 9.17) is 7.85 Å². The van der Waals surface area contributed by atoms with Gasteiger partial charge in [-0.25, -0.2) is 0 Å². The maximum atomic E-state index is 5.48. The van der Waals surface area contributed by atoms with Crippen LogP contribution in [0.3, 0.4) is 0 Å². The Hall–Kier alpha value is 0.195. The molecule has 0 rings (SSSR count). The summed E-state index contributed by atoms with van der Waals surface area (Å²) in [6.07, 6.45) is 2.06. The van der Waals surface area contributed by atoms with Crippen LogP contribution in [0.15, 0.2) is 0 Å². The fraction of sp³-hybridized carbons (Fsp3) is 1.00. The van der Waals surface area contributed by atoms with Gasteiger partial charge in [-0.05, 0) is 11.8 Å². The summed E-state index contributed by atoms with van der Waals surface area (Å²) >= 11 is 0. The van der Waals surface area contributed by atoms with Crippen molar-refractivity contribution in [2.45, 2.75) is 48.4 Å². The van der Waals surface area contributed by atoms with Crippen molar-refractivity contribution in [2.75, 3.05) is 0 Å². The summed E-state index contributed by atoms with van der Waals surface area (Å²) in [5.74, 6) is 1.49. The topological polar surface area (TPSA) is 0 Å². The lowest BCUT2D eigenvalue weighted by molar-refractivity contribution is 0.408. The zero-order chi connectivity index (χ0) is 6.57. The highest BCUT2D eigenvalue weighted by Gasteiger charge is 2.05. The summed E-state index contributed by atoms with van der Waals surface area (Å²) in [4.78, 5) is 0. The number of hydrogen-bond acceptors (Lipinski definition) is 0. The summed E-state index contributed by atoms with van der Waals surface area (Å²) in [6.45, 7) is 6.64. The highest BCUT2D eigenvalue weighted by atomic mass is 14.1. The molecule has 12 heavy (non-hydrogen) atoms. The van der Waals surface area contributed by atoms with Crippen molar-refractivity contribution in [1.29, 1.82) is 0 Å². The monoisotopic (exact) mass is 164 g/mol. The molecule has 0 aromatic carbocycles. The molecule has 0 aromatic heterocycles. The number of rotatable bonds is 3. The van der Waals surface area contributed by atoms with Gasteiger partial charge < -0.3 is 0 Å². The van der Waals surface area contributed by atoms with E-state index in [1.165, 1.54) is 6.42 Å². The van der Waals surface area contributed by atoms with Crippen LogP contribution in [0.2, 0.25) is 6.32 Å². The first kappa shape index (κ1) is 29.5. The van der Waals surface area contributed by atoms with Crippen molar-refractivity contribution < 1.29 is 0 Å². The van der Waals surface area contributed by atoms with E-state index >= 15 is 0 Å². The molecular weight excluding hydrogens is 141 g/mol. The Balaban J connectivity index is -0.0000000408. The van der Waals surface area contributed by atoms with Gasteiger partial charge in [0.1, 0.15) is 0 Å². The highest BCUT2D eigenvalue weighted by molar-refractivity contribution is 6.08. The maximum absolute atomic E-state index is 5.48. The lowest BCUT2D eigenvalue weighted by atomic mass is 9.82. The van der Waals surface area contributed by atoms with Gasteiger partial charge >= 0.3 is 0 Å². The van der Waals surface area contributed by atoms with Crippen LogP contribution < -0.4 is 0 Å². The molecule has 0 bridgehead atoms. The largest absolute Gasteiger partial charge is 0.0857 e. The Bertz CT molecular complexity index is 51.7. The smallest absolute Gasteiger partial charge is 0.0656 e. The summed E-state index contributed by atoms with van der Waals surface area (Å²) < 4.78 is 0. The van der Waals surface area contributed by atoms with Crippen LogP contribution >= 0.6 is 0 Å². The van der Waals surface area contributed by atoms with E-state index in [0.29, 0.717) is 0 Å². The molecule has 0 saturated carbocycles. The predicted molar refractivity (Wildman–Crippen MR) is 64.2 cm³/mol. The first-order valence-corrected chi connectivity index (χ1v) is 3.42. The zero-order valence-corrected chi connectivity index (χ0v) is 7.30. The third-order valence-electron chi connectivity index (χ3n) is 1.77. The van der Waals surface area contributed by atoms with Crippen LogP contribution in [-0.4, -0.2) is 24.7 Å². The van der Waals surface area contributed by atoms with E-state index in [-0.39, 0.29) is 31.7 Å². The minimum atomic E-state index is 0. The second-order valence-electron chi connectivity index (χ2n) is 2.65. The molecule has 0 saturated heterocycles. The van der Waals surface area contributed by atoms with Crippen molar-refractivity contribution in [2.24, 2.45) is 11.8 Å². The van der Waals surface area contributed by atoms with Gasteiger partial charge in [-0.3, -0.25) is 0 Å². The molecule has 68 valence electrons. The van der Waals surface area contributed by atoms with Gasteiger partial charge in [-0.2, -0.15) is 0 Å². The summed E-state index contributed by atoms with van der Waals surface area (Å²) in [5.41, 5.74) is 0. The highest BCUT2D eigenvalue weighted by Crippen LogP contribution is 2.16. The second kappa shape index (κ2) is 17.3. The minimum Gasteiger partial charge on any atom is -0.0857 e. The van der Waals surface area contributed by atoms with Gasteiger partial charge in [0.15, 0.2) is 0 Å². The molecule has 0 N–H and O–H groups in total. The van der Waals surface area contributed by atoms with Crippen LogP contribution in [0.4, 0.5) is 0 Å². The second-order valence-corrected chi connectivity index (χ2v) is 2.65. The van der Waals surface area contributed by atoms with Crippen LogP contribution in [0.5, 0.6) is 0 Å². The molecule has 8 radical (unpaired) electrons. The van der Waals surface area contributed by atoms with Gasteiger partial charge in [0.25, 0.3) is 0 Å². The van der Waals surface area contributed by atoms with Crippen LogP contribution in [0.1, 0.15) is 42.0 Å². The normalized spacial score (nSPS) is 9.67. The third kappa shape index (κ3) is 12.8. The Labute approximate surface area is 85.5 Å². The molecule has 0 spiro atoms. The molecule has 0 heterocycles. The average molecular weight is 164 g/mol. The van der Waals surface area contributed by atoms with Gasteiger partial charge in [-0.1, -0.05) is 48.4 Å². The SMILES string of the molecule is C.C.[B].[B].[B]CC(CC)C(C)C. The summed E-state index contributed by atoms with van der Waals surface area (Å²) in [7, 11) is 5.48. The van der Waals surface area contributed by atoms with Gasteiger partial charge in [0.2, 0.25) is 0 Å². The van der Waals surface area contributed by atoms with Crippen LogP contribution in [0, 0.1) is 11.8 Å². The molecule has 0 aliphatic heterocycles. The van der Waals surface area contributed by atoms with Crippen LogP contribution in [0.25, 0.3) is 0 Å². The van der Waals surface area contributed by atoms with Crippen molar-refractivity contribution in [1.82, 2.24) is 0 Å². The molecule has 0 aliphatic carbocycles. The van der Waals surface area contributed by atoms with Gasteiger partial charge in [0.05, 0.1) is 7.85 Å². The van der Waals surface area contributed by atoms with E-state index in [0.717, 1.165) is 18.2 Å². The van der Waals surface area contributed by atoms with E-state index in [2.05, 4.69) is 20.8 Å². The third-order valence-corrected chi connectivity index (χ3v) is 1.77. The van der Waals surface area contributed by atoms with E-state index in [9.17, 15) is 0 Å². The van der Waals surface area contributed by atoms with Gasteiger partial charge in [-0.15, -0.1) is 0 Å². The number of hydrogen-bond donors (Lipinski definition) is 0. The Morgan fingerprint density at radius 1 is 1.08 bits per heavy atom. The molecule has 1 atom stereocenters. The van der Waals surface area contributed by atoms with Crippen molar-refractivity contribution in [3.05, 3.63) is 0 Å². The van der Waals surface area contributed by atoms with E-state index in [1.807, 2.05) is 0 Å². The minimum absolute atomic E-state index is 0. The Morgan fingerprint density at radius 3 is 1.42 bits per heavy atom. The Morgan fingerprint density at radius 2 is 1.42 bits per heavy atom. The molecule has 0 aliphatic rings. The first-order chi connectivity index (χ1) is 3.72. The van der Waals surface area contributed by atoms with Crippen molar-refractivity contribution >= 4 is 24.7 Å². The van der Waals surface area contributed by atoms with E-state index in [1.54, 1.807) is 0 Å². The predicted octanol–water partition coefficient (Wildman–Crippen LogP) is 2.77. The van der Waals surface area contributed by atoms with E-state index < -0.39 is 0 Å². The quantitative estimate of drug-likeness (QED) is 0.562. The molecule has 0 fully saturated rings. The lowest BCUT2D eigenvalue weighted by Crippen LogP contribution is -2.05.